The zero-order valence-corrected chi connectivity index (χ0v) is 7.47. The molecule has 2 nitrogen and oxygen atoms in total. The van der Waals surface area contributed by atoms with Gasteiger partial charge in [-0.2, -0.15) is 0 Å². The second-order valence-electron chi connectivity index (χ2n) is 2.98. The third kappa shape index (κ3) is 6.05. The van der Waals surface area contributed by atoms with Gasteiger partial charge in [-0.3, -0.25) is 4.79 Å². The Labute approximate surface area is 68.6 Å². The van der Waals surface area contributed by atoms with Gasteiger partial charge >= 0.3 is 0 Å². The van der Waals surface area contributed by atoms with Crippen molar-refractivity contribution in [3.63, 3.8) is 0 Å². The number of rotatable bonds is 6. The summed E-state index contributed by atoms with van der Waals surface area (Å²) in [4.78, 5) is 10.6. The number of aliphatic hydroxyl groups excluding tert-OH is 1. The molecule has 2 heteroatoms. The van der Waals surface area contributed by atoms with Crippen LogP contribution >= 0.6 is 0 Å². The zero-order valence-electron chi connectivity index (χ0n) is 7.47. The monoisotopic (exact) mass is 158 g/mol. The lowest BCUT2D eigenvalue weighted by atomic mass is 10.1. The molecule has 0 aromatic rings. The average molecular weight is 158 g/mol. The normalized spacial score (nSPS) is 13.0. The smallest absolute Gasteiger partial charge is 0.158 e. The molecule has 0 fully saturated rings. The van der Waals surface area contributed by atoms with Gasteiger partial charge in [0.2, 0.25) is 0 Å². The standard InChI is InChI=1S/C9H18O2/c1-3-4-5-6-7-9(11)8(2)10/h9,11H,3-7H2,1-2H3/t9-/m1/s1. The van der Waals surface area contributed by atoms with E-state index in [0.717, 1.165) is 12.8 Å². The van der Waals surface area contributed by atoms with Gasteiger partial charge in [-0.25, -0.2) is 0 Å². The Morgan fingerprint density at radius 3 is 2.45 bits per heavy atom. The van der Waals surface area contributed by atoms with Gasteiger partial charge in [-0.1, -0.05) is 32.6 Å². The molecule has 0 heterocycles. The number of carbonyl (C=O) groups excluding carboxylic acids is 1. The lowest BCUT2D eigenvalue weighted by molar-refractivity contribution is -0.125. The van der Waals surface area contributed by atoms with Gasteiger partial charge in [0.1, 0.15) is 6.10 Å². The van der Waals surface area contributed by atoms with Crippen molar-refractivity contribution in [2.75, 3.05) is 0 Å². The number of carbonyl (C=O) groups is 1. The Morgan fingerprint density at radius 2 is 2.00 bits per heavy atom. The van der Waals surface area contributed by atoms with E-state index in [9.17, 15) is 4.79 Å². The maximum Gasteiger partial charge on any atom is 0.158 e. The summed E-state index contributed by atoms with van der Waals surface area (Å²) in [5.41, 5.74) is 0. The van der Waals surface area contributed by atoms with E-state index in [-0.39, 0.29) is 5.78 Å². The van der Waals surface area contributed by atoms with Crippen molar-refractivity contribution in [3.8, 4) is 0 Å². The molecule has 0 aliphatic carbocycles. The Bertz CT molecular complexity index is 110. The van der Waals surface area contributed by atoms with Gasteiger partial charge in [-0.05, 0) is 13.3 Å². The third-order valence-corrected chi connectivity index (χ3v) is 1.80. The van der Waals surface area contributed by atoms with Crippen molar-refractivity contribution >= 4 is 5.78 Å². The van der Waals surface area contributed by atoms with Gasteiger partial charge in [0.25, 0.3) is 0 Å². The minimum Gasteiger partial charge on any atom is -0.385 e. The molecular formula is C9H18O2. The van der Waals surface area contributed by atoms with E-state index in [1.54, 1.807) is 0 Å². The van der Waals surface area contributed by atoms with Crippen LogP contribution in [0.2, 0.25) is 0 Å². The van der Waals surface area contributed by atoms with Crippen LogP contribution in [0.5, 0.6) is 0 Å². The first-order valence-corrected chi connectivity index (χ1v) is 4.37. The highest BCUT2D eigenvalue weighted by molar-refractivity contribution is 5.79. The van der Waals surface area contributed by atoms with Crippen molar-refractivity contribution < 1.29 is 9.90 Å². The number of hydrogen-bond acceptors (Lipinski definition) is 2. The average Bonchev–Trinajstić information content (AvgIpc) is 1.97. The van der Waals surface area contributed by atoms with Crippen molar-refractivity contribution in [3.05, 3.63) is 0 Å². The minimum absolute atomic E-state index is 0.110. The quantitative estimate of drug-likeness (QED) is 0.599. The van der Waals surface area contributed by atoms with Crippen LogP contribution in [0, 0.1) is 0 Å². The van der Waals surface area contributed by atoms with E-state index in [1.807, 2.05) is 0 Å². The largest absolute Gasteiger partial charge is 0.385 e. The lowest BCUT2D eigenvalue weighted by Gasteiger charge is -2.04. The van der Waals surface area contributed by atoms with Crippen LogP contribution < -0.4 is 0 Å². The first-order chi connectivity index (χ1) is 5.18. The molecule has 11 heavy (non-hydrogen) atoms. The molecule has 0 radical (unpaired) electrons. The summed E-state index contributed by atoms with van der Waals surface area (Å²) < 4.78 is 0. The maximum atomic E-state index is 10.6. The molecule has 0 aliphatic rings. The van der Waals surface area contributed by atoms with Gasteiger partial charge in [0.15, 0.2) is 5.78 Å². The van der Waals surface area contributed by atoms with Gasteiger partial charge in [0.05, 0.1) is 0 Å². The molecule has 0 aromatic carbocycles. The molecule has 0 saturated carbocycles. The highest BCUT2D eigenvalue weighted by atomic mass is 16.3. The number of unbranched alkanes of at least 4 members (excludes halogenated alkanes) is 3. The van der Waals surface area contributed by atoms with Crippen LogP contribution in [-0.4, -0.2) is 17.0 Å². The van der Waals surface area contributed by atoms with Crippen LogP contribution in [0.4, 0.5) is 0 Å². The highest BCUT2D eigenvalue weighted by Gasteiger charge is 2.07. The van der Waals surface area contributed by atoms with Crippen LogP contribution in [0.1, 0.15) is 46.0 Å². The first-order valence-electron chi connectivity index (χ1n) is 4.37. The minimum atomic E-state index is -0.716. The Balaban J connectivity index is 3.17. The van der Waals surface area contributed by atoms with Crippen molar-refractivity contribution in [2.45, 2.75) is 52.1 Å². The zero-order chi connectivity index (χ0) is 8.69. The molecule has 0 aliphatic heterocycles. The fourth-order valence-corrected chi connectivity index (χ4v) is 0.968. The van der Waals surface area contributed by atoms with E-state index in [0.29, 0.717) is 6.42 Å². The van der Waals surface area contributed by atoms with Crippen LogP contribution in [0.15, 0.2) is 0 Å². The Hall–Kier alpha value is -0.370. The molecule has 0 bridgehead atoms. The summed E-state index contributed by atoms with van der Waals surface area (Å²) in [7, 11) is 0. The topological polar surface area (TPSA) is 37.3 Å². The summed E-state index contributed by atoms with van der Waals surface area (Å²) in [6.07, 6.45) is 4.40. The molecular weight excluding hydrogens is 140 g/mol. The molecule has 0 aromatic heterocycles. The fraction of sp³-hybridized carbons (Fsp3) is 0.889. The van der Waals surface area contributed by atoms with E-state index in [2.05, 4.69) is 6.92 Å². The first kappa shape index (κ1) is 10.6. The van der Waals surface area contributed by atoms with E-state index < -0.39 is 6.10 Å². The lowest BCUT2D eigenvalue weighted by Crippen LogP contribution is -2.16. The van der Waals surface area contributed by atoms with Gasteiger partial charge in [-0.15, -0.1) is 0 Å². The molecule has 0 spiro atoms. The number of ketones is 1. The second-order valence-corrected chi connectivity index (χ2v) is 2.98. The summed E-state index contributed by atoms with van der Waals surface area (Å²) in [5.74, 6) is -0.110. The fourth-order valence-electron chi connectivity index (χ4n) is 0.968. The molecule has 0 rings (SSSR count). The van der Waals surface area contributed by atoms with E-state index >= 15 is 0 Å². The summed E-state index contributed by atoms with van der Waals surface area (Å²) in [5, 5.41) is 9.08. The second kappa shape index (κ2) is 6.35. The molecule has 0 amide bonds. The number of hydrogen-bond donors (Lipinski definition) is 1. The highest BCUT2D eigenvalue weighted by Crippen LogP contribution is 2.05. The van der Waals surface area contributed by atoms with Gasteiger partial charge < -0.3 is 5.11 Å². The van der Waals surface area contributed by atoms with Gasteiger partial charge in [0, 0.05) is 0 Å². The molecule has 66 valence electrons. The van der Waals surface area contributed by atoms with E-state index in [4.69, 9.17) is 5.11 Å². The van der Waals surface area contributed by atoms with Crippen molar-refractivity contribution in [2.24, 2.45) is 0 Å². The summed E-state index contributed by atoms with van der Waals surface area (Å²) in [6, 6.07) is 0. The van der Waals surface area contributed by atoms with Crippen molar-refractivity contribution in [1.82, 2.24) is 0 Å². The number of aliphatic hydroxyl groups is 1. The summed E-state index contributed by atoms with van der Waals surface area (Å²) in [6.45, 7) is 3.58. The van der Waals surface area contributed by atoms with Crippen LogP contribution in [0.3, 0.4) is 0 Å². The molecule has 0 unspecified atom stereocenters. The Kier molecular flexibility index (Phi) is 6.13. The Morgan fingerprint density at radius 1 is 1.36 bits per heavy atom. The predicted octanol–water partition coefficient (Wildman–Crippen LogP) is 1.91. The predicted molar refractivity (Wildman–Crippen MR) is 45.4 cm³/mol. The number of Topliss-reactive ketones (excluding diaryl/α,β-unsaturated/α-hetero) is 1. The van der Waals surface area contributed by atoms with Crippen molar-refractivity contribution in [1.29, 1.82) is 0 Å². The molecule has 1 N–H and O–H groups in total. The third-order valence-electron chi connectivity index (χ3n) is 1.80. The SMILES string of the molecule is CCCCCC[C@@H](O)C(C)=O. The summed E-state index contributed by atoms with van der Waals surface area (Å²) >= 11 is 0. The molecule has 0 saturated heterocycles. The van der Waals surface area contributed by atoms with Crippen LogP contribution in [0.25, 0.3) is 0 Å². The molecule has 1 atom stereocenters. The maximum absolute atomic E-state index is 10.6. The van der Waals surface area contributed by atoms with Crippen LogP contribution in [-0.2, 0) is 4.79 Å². The van der Waals surface area contributed by atoms with E-state index in [1.165, 1.54) is 19.8 Å².